The van der Waals surface area contributed by atoms with E-state index in [2.05, 4.69) is 5.32 Å². The van der Waals surface area contributed by atoms with Crippen molar-refractivity contribution >= 4 is 17.3 Å². The lowest BCUT2D eigenvalue weighted by molar-refractivity contribution is -0.384. The smallest absolute Gasteiger partial charge is 0.335 e. The summed E-state index contributed by atoms with van der Waals surface area (Å²) in [7, 11) is 0. The van der Waals surface area contributed by atoms with E-state index >= 15 is 0 Å². The minimum Gasteiger partial charge on any atom is -0.478 e. The van der Waals surface area contributed by atoms with Crippen LogP contribution in [-0.4, -0.2) is 22.5 Å². The van der Waals surface area contributed by atoms with Crippen molar-refractivity contribution < 1.29 is 14.8 Å². The maximum atomic E-state index is 10.8. The molecular weight excluding hydrogens is 236 g/mol. The molecule has 0 aliphatic carbocycles. The Bertz CT molecular complexity index is 505. The minimum atomic E-state index is -1.12. The summed E-state index contributed by atoms with van der Waals surface area (Å²) in [6, 6.07) is 3.67. The van der Waals surface area contributed by atoms with Crippen LogP contribution in [0.15, 0.2) is 29.8 Å². The SMILES string of the molecule is CC(C)=CCNc1cc(C(=O)O)ccc1[N+](=O)[O-]. The molecule has 18 heavy (non-hydrogen) atoms. The van der Waals surface area contributed by atoms with Gasteiger partial charge in [-0.15, -0.1) is 0 Å². The zero-order chi connectivity index (χ0) is 13.7. The summed E-state index contributed by atoms with van der Waals surface area (Å²) in [6.07, 6.45) is 1.86. The first-order valence-electron chi connectivity index (χ1n) is 5.30. The first kappa shape index (κ1) is 13.7. The lowest BCUT2D eigenvalue weighted by Gasteiger charge is -2.06. The minimum absolute atomic E-state index is 0.0142. The molecule has 0 heterocycles. The Labute approximate surface area is 104 Å². The Balaban J connectivity index is 3.04. The Morgan fingerprint density at radius 1 is 1.50 bits per heavy atom. The molecule has 0 aliphatic rings. The van der Waals surface area contributed by atoms with E-state index < -0.39 is 10.9 Å². The van der Waals surface area contributed by atoms with Crippen molar-refractivity contribution in [3.8, 4) is 0 Å². The number of rotatable bonds is 5. The molecule has 1 rings (SSSR count). The second-order valence-corrected chi connectivity index (χ2v) is 3.96. The summed E-state index contributed by atoms with van der Waals surface area (Å²) in [5.41, 5.74) is 1.15. The lowest BCUT2D eigenvalue weighted by atomic mass is 10.1. The third kappa shape index (κ3) is 3.58. The van der Waals surface area contributed by atoms with Crippen molar-refractivity contribution in [1.82, 2.24) is 0 Å². The van der Waals surface area contributed by atoms with E-state index in [1.165, 1.54) is 18.2 Å². The zero-order valence-electron chi connectivity index (χ0n) is 10.1. The molecule has 0 aromatic heterocycles. The van der Waals surface area contributed by atoms with E-state index in [0.29, 0.717) is 6.54 Å². The molecule has 1 aromatic carbocycles. The molecule has 96 valence electrons. The van der Waals surface area contributed by atoms with Gasteiger partial charge < -0.3 is 10.4 Å². The second-order valence-electron chi connectivity index (χ2n) is 3.96. The number of hydrogen-bond acceptors (Lipinski definition) is 4. The number of hydrogen-bond donors (Lipinski definition) is 2. The van der Waals surface area contributed by atoms with Crippen LogP contribution < -0.4 is 5.32 Å². The fourth-order valence-electron chi connectivity index (χ4n) is 1.33. The van der Waals surface area contributed by atoms with Crippen LogP contribution in [-0.2, 0) is 0 Å². The monoisotopic (exact) mass is 250 g/mol. The van der Waals surface area contributed by atoms with Gasteiger partial charge in [0.2, 0.25) is 0 Å². The fraction of sp³-hybridized carbons (Fsp3) is 0.250. The van der Waals surface area contributed by atoms with Gasteiger partial charge in [-0.1, -0.05) is 11.6 Å². The van der Waals surface area contributed by atoms with Gasteiger partial charge >= 0.3 is 5.97 Å². The molecule has 0 atom stereocenters. The predicted molar refractivity (Wildman–Crippen MR) is 68.0 cm³/mol. The van der Waals surface area contributed by atoms with Crippen molar-refractivity contribution in [3.63, 3.8) is 0 Å². The third-order valence-electron chi connectivity index (χ3n) is 2.24. The van der Waals surface area contributed by atoms with Gasteiger partial charge in [0.15, 0.2) is 0 Å². The number of carboxylic acids is 1. The lowest BCUT2D eigenvalue weighted by Crippen LogP contribution is -2.05. The second kappa shape index (κ2) is 5.81. The average Bonchev–Trinajstić information content (AvgIpc) is 2.27. The third-order valence-corrected chi connectivity index (χ3v) is 2.24. The summed E-state index contributed by atoms with van der Waals surface area (Å²) in [6.45, 7) is 4.22. The highest BCUT2D eigenvalue weighted by Gasteiger charge is 2.15. The largest absolute Gasteiger partial charge is 0.478 e. The molecule has 0 amide bonds. The summed E-state index contributed by atoms with van der Waals surface area (Å²) in [5.74, 6) is -1.12. The number of anilines is 1. The number of nitro benzene ring substituents is 1. The average molecular weight is 250 g/mol. The van der Waals surface area contributed by atoms with Crippen LogP contribution in [0, 0.1) is 10.1 Å². The van der Waals surface area contributed by atoms with Gasteiger partial charge in [0.1, 0.15) is 5.69 Å². The van der Waals surface area contributed by atoms with Gasteiger partial charge in [0.25, 0.3) is 5.69 Å². The fourth-order valence-corrected chi connectivity index (χ4v) is 1.33. The van der Waals surface area contributed by atoms with Gasteiger partial charge in [-0.2, -0.15) is 0 Å². The highest BCUT2D eigenvalue weighted by Crippen LogP contribution is 2.25. The topological polar surface area (TPSA) is 92.5 Å². The molecule has 2 N–H and O–H groups in total. The number of carbonyl (C=O) groups is 1. The van der Waals surface area contributed by atoms with Gasteiger partial charge in [-0.25, -0.2) is 4.79 Å². The van der Waals surface area contributed by atoms with Gasteiger partial charge in [0, 0.05) is 12.6 Å². The maximum absolute atomic E-state index is 10.8. The maximum Gasteiger partial charge on any atom is 0.335 e. The Hall–Kier alpha value is -2.37. The van der Waals surface area contributed by atoms with Crippen LogP contribution in [0.5, 0.6) is 0 Å². The number of nitrogens with one attached hydrogen (secondary N) is 1. The Morgan fingerprint density at radius 2 is 2.17 bits per heavy atom. The number of carboxylic acid groups (broad SMARTS) is 1. The van der Waals surface area contributed by atoms with Gasteiger partial charge in [-0.3, -0.25) is 10.1 Å². The first-order valence-corrected chi connectivity index (χ1v) is 5.30. The van der Waals surface area contributed by atoms with E-state index in [1.54, 1.807) is 0 Å². The van der Waals surface area contributed by atoms with Crippen LogP contribution in [0.1, 0.15) is 24.2 Å². The van der Waals surface area contributed by atoms with Gasteiger partial charge in [-0.05, 0) is 26.0 Å². The van der Waals surface area contributed by atoms with E-state index in [-0.39, 0.29) is 16.9 Å². The first-order chi connectivity index (χ1) is 8.41. The zero-order valence-corrected chi connectivity index (χ0v) is 10.1. The molecule has 0 unspecified atom stereocenters. The highest BCUT2D eigenvalue weighted by molar-refractivity contribution is 5.90. The van der Waals surface area contributed by atoms with Crippen LogP contribution in [0.3, 0.4) is 0 Å². The Kier molecular flexibility index (Phi) is 4.42. The molecule has 0 aliphatic heterocycles. The molecule has 0 saturated heterocycles. The number of allylic oxidation sites excluding steroid dienone is 1. The predicted octanol–water partition coefficient (Wildman–Crippen LogP) is 2.67. The number of aromatic carboxylic acids is 1. The molecule has 0 saturated carbocycles. The van der Waals surface area contributed by atoms with Crippen molar-refractivity contribution in [3.05, 3.63) is 45.5 Å². The molecule has 6 nitrogen and oxygen atoms in total. The van der Waals surface area contributed by atoms with Crippen LogP contribution >= 0.6 is 0 Å². The number of benzene rings is 1. The number of nitrogens with zero attached hydrogens (tertiary/aromatic N) is 1. The Morgan fingerprint density at radius 3 is 2.67 bits per heavy atom. The molecule has 0 fully saturated rings. The van der Waals surface area contributed by atoms with Crippen molar-refractivity contribution in [2.75, 3.05) is 11.9 Å². The summed E-state index contributed by atoms with van der Waals surface area (Å²) >= 11 is 0. The summed E-state index contributed by atoms with van der Waals surface area (Å²) < 4.78 is 0. The normalized spacial score (nSPS) is 9.67. The van der Waals surface area contributed by atoms with Crippen molar-refractivity contribution in [2.24, 2.45) is 0 Å². The summed E-state index contributed by atoms with van der Waals surface area (Å²) in [5, 5.41) is 22.5. The van der Waals surface area contributed by atoms with E-state index in [1.807, 2.05) is 19.9 Å². The van der Waals surface area contributed by atoms with E-state index in [0.717, 1.165) is 5.57 Å². The van der Waals surface area contributed by atoms with Crippen molar-refractivity contribution in [1.29, 1.82) is 0 Å². The van der Waals surface area contributed by atoms with E-state index in [9.17, 15) is 14.9 Å². The van der Waals surface area contributed by atoms with Crippen molar-refractivity contribution in [2.45, 2.75) is 13.8 Å². The molecule has 6 heteroatoms. The number of nitro groups is 1. The van der Waals surface area contributed by atoms with Crippen LogP contribution in [0.25, 0.3) is 0 Å². The van der Waals surface area contributed by atoms with Crippen LogP contribution in [0.2, 0.25) is 0 Å². The molecule has 1 aromatic rings. The summed E-state index contributed by atoms with van der Waals surface area (Å²) in [4.78, 5) is 21.1. The highest BCUT2D eigenvalue weighted by atomic mass is 16.6. The van der Waals surface area contributed by atoms with Crippen LogP contribution in [0.4, 0.5) is 11.4 Å². The molecule has 0 spiro atoms. The van der Waals surface area contributed by atoms with Gasteiger partial charge in [0.05, 0.1) is 10.5 Å². The quantitative estimate of drug-likeness (QED) is 0.476. The molecule has 0 bridgehead atoms. The van der Waals surface area contributed by atoms with E-state index in [4.69, 9.17) is 5.11 Å². The standard InChI is InChI=1S/C12H14N2O4/c1-8(2)5-6-13-10-7-9(12(15)16)3-4-11(10)14(17)18/h3-5,7,13H,6H2,1-2H3,(H,15,16). The molecular formula is C12H14N2O4. The molecule has 0 radical (unpaired) electrons.